The summed E-state index contributed by atoms with van der Waals surface area (Å²) >= 11 is 0. The zero-order valence-electron chi connectivity index (χ0n) is 10.5. The quantitative estimate of drug-likeness (QED) is 0.879. The number of hydrogen-bond acceptors (Lipinski definition) is 2. The Bertz CT molecular complexity index is 582. The summed E-state index contributed by atoms with van der Waals surface area (Å²) in [5.74, 6) is 0.0282. The first-order valence-electron chi connectivity index (χ1n) is 6.46. The minimum atomic E-state index is 0.0282. The Morgan fingerprint density at radius 2 is 2.22 bits per heavy atom. The Kier molecular flexibility index (Phi) is 2.78. The smallest absolute Gasteiger partial charge is 0.253 e. The second-order valence-electron chi connectivity index (χ2n) is 4.98. The molecule has 1 N–H and O–H groups in total. The Labute approximate surface area is 106 Å². The van der Waals surface area contributed by atoms with Crippen molar-refractivity contribution in [3.05, 3.63) is 30.1 Å². The van der Waals surface area contributed by atoms with Gasteiger partial charge >= 0.3 is 0 Å². The van der Waals surface area contributed by atoms with E-state index >= 15 is 0 Å². The predicted octanol–water partition coefficient (Wildman–Crippen LogP) is 2.25. The van der Waals surface area contributed by atoms with Crippen molar-refractivity contribution in [2.75, 3.05) is 0 Å². The van der Waals surface area contributed by atoms with Crippen LogP contribution in [0.3, 0.4) is 0 Å². The zero-order valence-corrected chi connectivity index (χ0v) is 10.5. The Morgan fingerprint density at radius 3 is 3.00 bits per heavy atom. The molecule has 0 saturated heterocycles. The maximum atomic E-state index is 12.3. The second-order valence-corrected chi connectivity index (χ2v) is 4.98. The van der Waals surface area contributed by atoms with Gasteiger partial charge in [0.1, 0.15) is 5.65 Å². The number of aromatic nitrogens is 2. The summed E-state index contributed by atoms with van der Waals surface area (Å²) in [5.41, 5.74) is 1.58. The van der Waals surface area contributed by atoms with Crippen molar-refractivity contribution < 1.29 is 4.79 Å². The fourth-order valence-electron chi connectivity index (χ4n) is 2.73. The van der Waals surface area contributed by atoms with E-state index in [9.17, 15) is 4.79 Å². The molecule has 0 radical (unpaired) electrons. The number of pyridine rings is 1. The summed E-state index contributed by atoms with van der Waals surface area (Å²) in [6, 6.07) is 4.17. The highest BCUT2D eigenvalue weighted by Crippen LogP contribution is 2.21. The largest absolute Gasteiger partial charge is 0.349 e. The summed E-state index contributed by atoms with van der Waals surface area (Å²) in [7, 11) is 1.92. The van der Waals surface area contributed by atoms with E-state index in [4.69, 9.17) is 0 Å². The molecule has 2 aromatic heterocycles. The van der Waals surface area contributed by atoms with E-state index in [-0.39, 0.29) is 5.91 Å². The molecule has 4 heteroatoms. The van der Waals surface area contributed by atoms with Crippen molar-refractivity contribution in [1.82, 2.24) is 14.9 Å². The lowest BCUT2D eigenvalue weighted by molar-refractivity contribution is 0.0939. The van der Waals surface area contributed by atoms with Gasteiger partial charge in [-0.15, -0.1) is 0 Å². The van der Waals surface area contributed by atoms with E-state index in [0.29, 0.717) is 6.04 Å². The van der Waals surface area contributed by atoms with Crippen molar-refractivity contribution in [2.24, 2.45) is 7.05 Å². The average Bonchev–Trinajstić information content (AvgIpc) is 2.98. The van der Waals surface area contributed by atoms with Crippen LogP contribution in [0, 0.1) is 0 Å². The van der Waals surface area contributed by atoms with Crippen LogP contribution in [-0.2, 0) is 7.05 Å². The summed E-state index contributed by atoms with van der Waals surface area (Å²) in [6.07, 6.45) is 8.27. The molecule has 0 bridgehead atoms. The van der Waals surface area contributed by atoms with Gasteiger partial charge in [-0.05, 0) is 25.0 Å². The van der Waals surface area contributed by atoms with Crippen LogP contribution in [0.2, 0.25) is 0 Å². The Morgan fingerprint density at radius 1 is 1.44 bits per heavy atom. The van der Waals surface area contributed by atoms with Crippen LogP contribution >= 0.6 is 0 Å². The minimum Gasteiger partial charge on any atom is -0.349 e. The molecule has 18 heavy (non-hydrogen) atoms. The molecule has 0 aliphatic heterocycles. The third kappa shape index (κ3) is 1.88. The Balaban J connectivity index is 1.91. The average molecular weight is 243 g/mol. The van der Waals surface area contributed by atoms with E-state index in [0.717, 1.165) is 29.4 Å². The molecule has 2 aromatic rings. The molecule has 1 fully saturated rings. The van der Waals surface area contributed by atoms with Crippen LogP contribution in [-0.4, -0.2) is 21.5 Å². The molecular formula is C14H17N3O. The van der Waals surface area contributed by atoms with E-state index in [1.165, 1.54) is 12.8 Å². The molecule has 1 amide bonds. The van der Waals surface area contributed by atoms with Crippen molar-refractivity contribution in [2.45, 2.75) is 31.7 Å². The maximum Gasteiger partial charge on any atom is 0.253 e. The molecule has 0 spiro atoms. The lowest BCUT2D eigenvalue weighted by Crippen LogP contribution is -2.32. The van der Waals surface area contributed by atoms with Gasteiger partial charge in [0, 0.05) is 30.9 Å². The standard InChI is InChI=1S/C14H17N3O/c1-17-9-12(11-7-4-8-15-13(11)17)14(18)16-10-5-2-3-6-10/h4,7-10H,2-3,5-6H2,1H3,(H,16,18). The first kappa shape index (κ1) is 11.3. The zero-order chi connectivity index (χ0) is 12.5. The fourth-order valence-corrected chi connectivity index (χ4v) is 2.73. The number of fused-ring (bicyclic) bond motifs is 1. The van der Waals surface area contributed by atoms with E-state index in [1.807, 2.05) is 29.9 Å². The number of nitrogens with one attached hydrogen (secondary N) is 1. The van der Waals surface area contributed by atoms with E-state index in [2.05, 4.69) is 10.3 Å². The highest BCUT2D eigenvalue weighted by Gasteiger charge is 2.20. The van der Waals surface area contributed by atoms with Gasteiger partial charge in [-0.3, -0.25) is 4.79 Å². The molecular weight excluding hydrogens is 226 g/mol. The molecule has 0 unspecified atom stereocenters. The van der Waals surface area contributed by atoms with Crippen LogP contribution in [0.1, 0.15) is 36.0 Å². The number of nitrogens with zero attached hydrogens (tertiary/aromatic N) is 2. The highest BCUT2D eigenvalue weighted by atomic mass is 16.1. The number of rotatable bonds is 2. The van der Waals surface area contributed by atoms with Crippen LogP contribution < -0.4 is 5.32 Å². The molecule has 1 aliphatic carbocycles. The summed E-state index contributed by atoms with van der Waals surface area (Å²) in [4.78, 5) is 16.6. The number of carbonyl (C=O) groups is 1. The van der Waals surface area contributed by atoms with Gasteiger partial charge < -0.3 is 9.88 Å². The predicted molar refractivity (Wildman–Crippen MR) is 70.4 cm³/mol. The van der Waals surface area contributed by atoms with Gasteiger partial charge in [0.15, 0.2) is 0 Å². The molecule has 1 aliphatic rings. The first-order valence-corrected chi connectivity index (χ1v) is 6.46. The molecule has 2 heterocycles. The second kappa shape index (κ2) is 4.44. The van der Waals surface area contributed by atoms with Crippen LogP contribution in [0.15, 0.2) is 24.5 Å². The topological polar surface area (TPSA) is 46.9 Å². The van der Waals surface area contributed by atoms with Gasteiger partial charge in [0.25, 0.3) is 5.91 Å². The first-order chi connectivity index (χ1) is 8.75. The van der Waals surface area contributed by atoms with Gasteiger partial charge in [-0.25, -0.2) is 4.98 Å². The summed E-state index contributed by atoms with van der Waals surface area (Å²) < 4.78 is 1.90. The number of aryl methyl sites for hydroxylation is 1. The van der Waals surface area contributed by atoms with Crippen molar-refractivity contribution in [1.29, 1.82) is 0 Å². The van der Waals surface area contributed by atoms with Crippen LogP contribution in [0.25, 0.3) is 11.0 Å². The van der Waals surface area contributed by atoms with Crippen molar-refractivity contribution in [3.8, 4) is 0 Å². The number of hydrogen-bond donors (Lipinski definition) is 1. The van der Waals surface area contributed by atoms with Crippen LogP contribution in [0.5, 0.6) is 0 Å². The number of amides is 1. The minimum absolute atomic E-state index is 0.0282. The molecule has 1 saturated carbocycles. The van der Waals surface area contributed by atoms with Crippen LogP contribution in [0.4, 0.5) is 0 Å². The van der Waals surface area contributed by atoms with Crippen molar-refractivity contribution >= 4 is 16.9 Å². The normalized spacial score (nSPS) is 16.3. The Hall–Kier alpha value is -1.84. The SMILES string of the molecule is Cn1cc(C(=O)NC2CCCC2)c2cccnc21. The fraction of sp³-hybridized carbons (Fsp3) is 0.429. The molecule has 4 nitrogen and oxygen atoms in total. The maximum absolute atomic E-state index is 12.3. The van der Waals surface area contributed by atoms with Crippen molar-refractivity contribution in [3.63, 3.8) is 0 Å². The lowest BCUT2D eigenvalue weighted by Gasteiger charge is -2.10. The lowest BCUT2D eigenvalue weighted by atomic mass is 10.2. The summed E-state index contributed by atoms with van der Waals surface area (Å²) in [5, 5.41) is 4.05. The van der Waals surface area contributed by atoms with Gasteiger partial charge in [0.2, 0.25) is 0 Å². The molecule has 3 rings (SSSR count). The van der Waals surface area contributed by atoms with E-state index in [1.54, 1.807) is 6.20 Å². The highest BCUT2D eigenvalue weighted by molar-refractivity contribution is 6.06. The third-order valence-corrected chi connectivity index (χ3v) is 3.67. The molecule has 94 valence electrons. The van der Waals surface area contributed by atoms with E-state index < -0.39 is 0 Å². The number of carbonyl (C=O) groups excluding carboxylic acids is 1. The van der Waals surface area contributed by atoms with Gasteiger partial charge in [-0.2, -0.15) is 0 Å². The molecule has 0 aromatic carbocycles. The third-order valence-electron chi connectivity index (χ3n) is 3.67. The van der Waals surface area contributed by atoms with Gasteiger partial charge in [-0.1, -0.05) is 12.8 Å². The monoisotopic (exact) mass is 243 g/mol. The summed E-state index contributed by atoms with van der Waals surface area (Å²) in [6.45, 7) is 0. The van der Waals surface area contributed by atoms with Gasteiger partial charge in [0.05, 0.1) is 5.56 Å². The molecule has 0 atom stereocenters.